The Morgan fingerprint density at radius 3 is 2.47 bits per heavy atom. The third-order valence-corrected chi connectivity index (χ3v) is 7.54. The third-order valence-electron chi connectivity index (χ3n) is 6.33. The van der Waals surface area contributed by atoms with Gasteiger partial charge in [-0.2, -0.15) is 0 Å². The molecule has 0 radical (unpaired) electrons. The van der Waals surface area contributed by atoms with Gasteiger partial charge in [0.2, 0.25) is 10.0 Å². The van der Waals surface area contributed by atoms with Crippen LogP contribution in [0, 0.1) is 5.82 Å². The molecule has 0 fully saturated rings. The Morgan fingerprint density at radius 2 is 1.72 bits per heavy atom. The number of halogens is 1. The van der Waals surface area contributed by atoms with Gasteiger partial charge in [0.05, 0.1) is 25.0 Å². The van der Waals surface area contributed by atoms with Crippen LogP contribution in [0.4, 0.5) is 14.9 Å². The molecule has 2 N–H and O–H groups in total. The van der Waals surface area contributed by atoms with Gasteiger partial charge in [-0.05, 0) is 48.4 Å². The quantitative estimate of drug-likeness (QED) is 0.165. The van der Waals surface area contributed by atoms with Crippen molar-refractivity contribution in [3.63, 3.8) is 0 Å². The summed E-state index contributed by atoms with van der Waals surface area (Å²) in [6, 6.07) is 20.1. The minimum Gasteiger partial charge on any atom is -0.493 e. The second kappa shape index (κ2) is 13.3. The fourth-order valence-corrected chi connectivity index (χ4v) is 5.38. The van der Waals surface area contributed by atoms with Crippen LogP contribution in [0.2, 0.25) is 0 Å². The summed E-state index contributed by atoms with van der Waals surface area (Å²) in [5, 5.41) is 2.90. The smallest absolute Gasteiger partial charge is 0.332 e. The van der Waals surface area contributed by atoms with E-state index >= 15 is 4.39 Å². The molecule has 0 aliphatic rings. The molecule has 12 heteroatoms. The van der Waals surface area contributed by atoms with Gasteiger partial charge < -0.3 is 24.1 Å². The van der Waals surface area contributed by atoms with E-state index in [0.717, 1.165) is 19.0 Å². The first-order valence-electron chi connectivity index (χ1n) is 13.3. The number of aryl methyl sites for hydroxylation is 1. The topological polar surface area (TPSA) is 121 Å². The van der Waals surface area contributed by atoms with Crippen molar-refractivity contribution in [3.05, 3.63) is 109 Å². The van der Waals surface area contributed by atoms with Crippen molar-refractivity contribution >= 4 is 32.6 Å². The van der Waals surface area contributed by atoms with E-state index in [1.54, 1.807) is 48.5 Å². The van der Waals surface area contributed by atoms with Crippen LogP contribution in [0.15, 0.2) is 97.5 Å². The van der Waals surface area contributed by atoms with Gasteiger partial charge in [-0.1, -0.05) is 30.3 Å². The van der Waals surface area contributed by atoms with Gasteiger partial charge in [0.15, 0.2) is 23.1 Å². The van der Waals surface area contributed by atoms with Crippen molar-refractivity contribution < 1.29 is 31.8 Å². The predicted molar refractivity (Wildman–Crippen MR) is 161 cm³/mol. The molecule has 2 aromatic heterocycles. The van der Waals surface area contributed by atoms with Gasteiger partial charge in [-0.25, -0.2) is 22.3 Å². The average molecular weight is 605 g/mol. The van der Waals surface area contributed by atoms with Crippen LogP contribution < -0.4 is 24.2 Å². The van der Waals surface area contributed by atoms with E-state index in [4.69, 9.17) is 14.2 Å². The number of carbonyl (C=O) groups excluding carboxylic acids is 1. The first-order valence-corrected chi connectivity index (χ1v) is 15.0. The van der Waals surface area contributed by atoms with Gasteiger partial charge in [-0.3, -0.25) is 4.98 Å². The van der Waals surface area contributed by atoms with Crippen LogP contribution in [0.25, 0.3) is 10.9 Å². The Balaban J connectivity index is 1.24. The highest BCUT2D eigenvalue weighted by Gasteiger charge is 2.17. The van der Waals surface area contributed by atoms with Crippen molar-refractivity contribution in [1.29, 1.82) is 0 Å². The van der Waals surface area contributed by atoms with Crippen molar-refractivity contribution in [3.8, 4) is 23.0 Å². The summed E-state index contributed by atoms with van der Waals surface area (Å²) in [7, 11) is -2.44. The van der Waals surface area contributed by atoms with Crippen molar-refractivity contribution in [2.45, 2.75) is 18.7 Å². The van der Waals surface area contributed by atoms with Crippen molar-refractivity contribution in [2.75, 3.05) is 19.0 Å². The highest BCUT2D eigenvalue weighted by atomic mass is 32.2. The van der Waals surface area contributed by atoms with E-state index in [-0.39, 0.29) is 17.2 Å². The zero-order valence-electron chi connectivity index (χ0n) is 23.2. The SMILES string of the molecule is COc1cc2c(Oc3ccc(NC(=O)NS(=O)(=O)Cc4ccccc4)cc3F)ccnc2cc1OCCCn1cccc1. The normalized spacial score (nSPS) is 11.2. The highest BCUT2D eigenvalue weighted by Crippen LogP contribution is 2.38. The molecule has 222 valence electrons. The van der Waals surface area contributed by atoms with E-state index < -0.39 is 21.9 Å². The van der Waals surface area contributed by atoms with Crippen LogP contribution in [-0.4, -0.2) is 37.7 Å². The lowest BCUT2D eigenvalue weighted by atomic mass is 10.1. The summed E-state index contributed by atoms with van der Waals surface area (Å²) >= 11 is 0. The molecule has 43 heavy (non-hydrogen) atoms. The van der Waals surface area contributed by atoms with E-state index in [1.165, 1.54) is 25.4 Å². The number of rotatable bonds is 12. The van der Waals surface area contributed by atoms with Gasteiger partial charge in [0, 0.05) is 48.3 Å². The minimum absolute atomic E-state index is 0.0390. The molecule has 0 saturated heterocycles. The second-order valence-electron chi connectivity index (χ2n) is 9.50. The van der Waals surface area contributed by atoms with Crippen molar-refractivity contribution in [2.24, 2.45) is 0 Å². The Labute approximate surface area is 248 Å². The monoisotopic (exact) mass is 604 g/mol. The standard InChI is InChI=1S/C31H29FN4O6S/c1-40-29-19-24-26(20-30(29)41-17-7-16-36-14-5-6-15-36)33-13-12-27(24)42-28-11-10-23(18-25(28)32)34-31(37)35-43(38,39)21-22-8-3-2-4-9-22/h2-6,8-15,18-20H,7,16-17,21H2,1H3,(H2,34,35,37). The maximum atomic E-state index is 15.0. The average Bonchev–Trinajstić information content (AvgIpc) is 3.50. The van der Waals surface area contributed by atoms with Gasteiger partial charge in [0.1, 0.15) is 5.75 Å². The Bertz CT molecular complexity index is 1820. The molecule has 3 aromatic carbocycles. The molecule has 0 atom stereocenters. The summed E-state index contributed by atoms with van der Waals surface area (Å²) in [4.78, 5) is 16.7. The van der Waals surface area contributed by atoms with E-state index in [1.807, 2.05) is 29.2 Å². The number of nitrogens with one attached hydrogen (secondary N) is 2. The maximum Gasteiger partial charge on any atom is 0.332 e. The number of carbonyl (C=O) groups is 1. The number of anilines is 1. The fourth-order valence-electron chi connectivity index (χ4n) is 4.35. The molecule has 0 aliphatic carbocycles. The van der Waals surface area contributed by atoms with E-state index in [2.05, 4.69) is 14.9 Å². The maximum absolute atomic E-state index is 15.0. The van der Waals surface area contributed by atoms with E-state index in [9.17, 15) is 13.2 Å². The number of benzene rings is 3. The van der Waals surface area contributed by atoms with Gasteiger partial charge in [0.25, 0.3) is 0 Å². The molecule has 2 heterocycles. The number of amides is 2. The largest absolute Gasteiger partial charge is 0.493 e. The number of aromatic nitrogens is 2. The fraction of sp³-hybridized carbons (Fsp3) is 0.161. The number of methoxy groups -OCH3 is 1. The number of ether oxygens (including phenoxy) is 3. The molecule has 0 bridgehead atoms. The summed E-state index contributed by atoms with van der Waals surface area (Å²) in [6.07, 6.45) is 6.31. The Kier molecular flexibility index (Phi) is 9.06. The number of hydrogen-bond acceptors (Lipinski definition) is 7. The number of urea groups is 1. The minimum atomic E-state index is -3.97. The van der Waals surface area contributed by atoms with Crippen LogP contribution in [0.1, 0.15) is 12.0 Å². The van der Waals surface area contributed by atoms with Crippen LogP contribution >= 0.6 is 0 Å². The summed E-state index contributed by atoms with van der Waals surface area (Å²) in [5.41, 5.74) is 1.12. The second-order valence-corrected chi connectivity index (χ2v) is 11.2. The Hall–Kier alpha value is -5.10. The number of hydrogen-bond donors (Lipinski definition) is 2. The molecule has 10 nitrogen and oxygen atoms in total. The Morgan fingerprint density at radius 1 is 0.930 bits per heavy atom. The van der Waals surface area contributed by atoms with E-state index in [0.29, 0.717) is 40.3 Å². The molecule has 5 rings (SSSR count). The van der Waals surface area contributed by atoms with Crippen molar-refractivity contribution in [1.82, 2.24) is 14.3 Å². The molecule has 0 spiro atoms. The highest BCUT2D eigenvalue weighted by molar-refractivity contribution is 7.89. The van der Waals surface area contributed by atoms with Crippen LogP contribution in [-0.2, 0) is 22.3 Å². The lowest BCUT2D eigenvalue weighted by Crippen LogP contribution is -2.35. The summed E-state index contributed by atoms with van der Waals surface area (Å²) in [5.74, 6) is 0.0582. The number of sulfonamides is 1. The third kappa shape index (κ3) is 7.80. The van der Waals surface area contributed by atoms with Crippen LogP contribution in [0.3, 0.4) is 0 Å². The molecule has 0 aliphatic heterocycles. The lowest BCUT2D eigenvalue weighted by Gasteiger charge is -2.15. The molecular weight excluding hydrogens is 575 g/mol. The molecule has 0 saturated carbocycles. The lowest BCUT2D eigenvalue weighted by molar-refractivity contribution is 0.256. The van der Waals surface area contributed by atoms with Crippen LogP contribution in [0.5, 0.6) is 23.0 Å². The number of nitrogens with zero attached hydrogens (tertiary/aromatic N) is 2. The first kappa shape index (κ1) is 29.4. The summed E-state index contributed by atoms with van der Waals surface area (Å²) < 4.78 is 61.0. The zero-order chi connectivity index (χ0) is 30.2. The zero-order valence-corrected chi connectivity index (χ0v) is 24.0. The number of pyridine rings is 1. The molecule has 5 aromatic rings. The van der Waals surface area contributed by atoms with Gasteiger partial charge >= 0.3 is 6.03 Å². The van der Waals surface area contributed by atoms with Gasteiger partial charge in [-0.15, -0.1) is 0 Å². The molecular formula is C31H29FN4O6S. The molecule has 0 unspecified atom stereocenters. The number of fused-ring (bicyclic) bond motifs is 1. The predicted octanol–water partition coefficient (Wildman–Crippen LogP) is 6.10. The summed E-state index contributed by atoms with van der Waals surface area (Å²) in [6.45, 7) is 1.29. The first-order chi connectivity index (χ1) is 20.8. The molecule has 2 amide bonds.